The van der Waals surface area contributed by atoms with Crippen LogP contribution in [0.3, 0.4) is 0 Å². The Balaban J connectivity index is 2.17. The molecule has 0 saturated carbocycles. The molecule has 1 saturated heterocycles. The highest BCUT2D eigenvalue weighted by Crippen LogP contribution is 2.25. The molecule has 1 heterocycles. The molecule has 1 aromatic rings. The Labute approximate surface area is 103 Å². The lowest BCUT2D eigenvalue weighted by molar-refractivity contribution is 0.226. The van der Waals surface area contributed by atoms with E-state index < -0.39 is 0 Å². The first-order chi connectivity index (χ1) is 7.88. The molecule has 0 radical (unpaired) electrons. The van der Waals surface area contributed by atoms with Crippen molar-refractivity contribution in [2.24, 2.45) is 0 Å². The number of nitrogens with zero attached hydrogens (tertiary/aromatic N) is 1. The summed E-state index contributed by atoms with van der Waals surface area (Å²) in [5.74, 6) is 0. The highest BCUT2D eigenvalue weighted by atomic mass is 16.2. The van der Waals surface area contributed by atoms with Gasteiger partial charge in [-0.2, -0.15) is 0 Å². The van der Waals surface area contributed by atoms with Crippen molar-refractivity contribution in [2.45, 2.75) is 32.2 Å². The Morgan fingerprint density at radius 3 is 2.24 bits per heavy atom. The molecular weight excluding hydrogens is 212 g/mol. The Morgan fingerprint density at radius 1 is 1.24 bits per heavy atom. The summed E-state index contributed by atoms with van der Waals surface area (Å²) in [6.45, 7) is 7.35. The van der Waals surface area contributed by atoms with Crippen LogP contribution in [0.2, 0.25) is 0 Å². The van der Waals surface area contributed by atoms with E-state index in [1.54, 1.807) is 4.90 Å². The lowest BCUT2D eigenvalue weighted by Crippen LogP contribution is -2.23. The lowest BCUT2D eigenvalue weighted by Gasteiger charge is -2.20. The fourth-order valence-electron chi connectivity index (χ4n) is 2.07. The van der Waals surface area contributed by atoms with Crippen molar-refractivity contribution in [3.05, 3.63) is 35.4 Å². The molecule has 1 aliphatic rings. The van der Waals surface area contributed by atoms with Crippen LogP contribution in [0.4, 0.5) is 4.79 Å². The zero-order valence-corrected chi connectivity index (χ0v) is 10.9. The van der Waals surface area contributed by atoms with Crippen molar-refractivity contribution >= 4 is 6.03 Å². The van der Waals surface area contributed by atoms with E-state index in [1.165, 1.54) is 11.1 Å². The standard InChI is InChI=1S/C14H20N2O/c1-14(2,3)11-7-5-10(6-8-11)12-9-16(4)13(17)15-12/h5-8,12H,9H2,1-4H3,(H,15,17). The third kappa shape index (κ3) is 2.43. The lowest BCUT2D eigenvalue weighted by atomic mass is 9.86. The Morgan fingerprint density at radius 2 is 1.82 bits per heavy atom. The number of carbonyl (C=O) groups excluding carboxylic acids is 1. The number of amides is 2. The van der Waals surface area contributed by atoms with Crippen LogP contribution in [-0.4, -0.2) is 24.5 Å². The monoisotopic (exact) mass is 232 g/mol. The molecule has 1 atom stereocenters. The van der Waals surface area contributed by atoms with E-state index in [0.29, 0.717) is 0 Å². The van der Waals surface area contributed by atoms with Gasteiger partial charge >= 0.3 is 6.03 Å². The average Bonchev–Trinajstić information content (AvgIpc) is 2.58. The van der Waals surface area contributed by atoms with Crippen molar-refractivity contribution in [3.8, 4) is 0 Å². The molecular formula is C14H20N2O. The van der Waals surface area contributed by atoms with Crippen LogP contribution < -0.4 is 5.32 Å². The number of nitrogens with one attached hydrogen (secondary N) is 1. The van der Waals surface area contributed by atoms with Crippen LogP contribution in [0.15, 0.2) is 24.3 Å². The van der Waals surface area contributed by atoms with Crippen molar-refractivity contribution in [1.82, 2.24) is 10.2 Å². The van der Waals surface area contributed by atoms with Gasteiger partial charge in [0.2, 0.25) is 0 Å². The summed E-state index contributed by atoms with van der Waals surface area (Å²) in [6, 6.07) is 8.67. The molecule has 2 amide bonds. The van der Waals surface area contributed by atoms with Gasteiger partial charge in [0.1, 0.15) is 0 Å². The number of hydrogen-bond acceptors (Lipinski definition) is 1. The first-order valence-electron chi connectivity index (χ1n) is 6.00. The molecule has 0 aliphatic carbocycles. The Kier molecular flexibility index (Phi) is 2.86. The Bertz CT molecular complexity index is 417. The van der Waals surface area contributed by atoms with Gasteiger partial charge in [0.25, 0.3) is 0 Å². The molecule has 3 heteroatoms. The molecule has 2 rings (SSSR count). The maximum Gasteiger partial charge on any atom is 0.317 e. The van der Waals surface area contributed by atoms with Gasteiger partial charge < -0.3 is 10.2 Å². The highest BCUT2D eigenvalue weighted by molar-refractivity contribution is 5.76. The second-order valence-corrected chi connectivity index (χ2v) is 5.75. The zero-order chi connectivity index (χ0) is 12.6. The maximum atomic E-state index is 11.4. The van der Waals surface area contributed by atoms with Crippen LogP contribution in [0.25, 0.3) is 0 Å². The minimum Gasteiger partial charge on any atom is -0.329 e. The molecule has 1 aliphatic heterocycles. The molecule has 1 N–H and O–H groups in total. The minimum absolute atomic E-state index is 0.00916. The maximum absolute atomic E-state index is 11.4. The summed E-state index contributed by atoms with van der Waals surface area (Å²) in [5.41, 5.74) is 2.67. The first-order valence-corrected chi connectivity index (χ1v) is 6.00. The third-order valence-electron chi connectivity index (χ3n) is 3.28. The number of rotatable bonds is 1. The fraction of sp³-hybridized carbons (Fsp3) is 0.500. The summed E-state index contributed by atoms with van der Waals surface area (Å²) in [6.07, 6.45) is 0. The SMILES string of the molecule is CN1CC(c2ccc(C(C)(C)C)cc2)NC1=O. The van der Waals surface area contributed by atoms with Crippen LogP contribution >= 0.6 is 0 Å². The number of likely N-dealkylation sites (N-methyl/N-ethyl adjacent to an activating group) is 1. The molecule has 3 nitrogen and oxygen atoms in total. The Hall–Kier alpha value is -1.51. The molecule has 1 unspecified atom stereocenters. The van der Waals surface area contributed by atoms with Gasteiger partial charge in [0.15, 0.2) is 0 Å². The molecule has 92 valence electrons. The molecule has 0 bridgehead atoms. The minimum atomic E-state index is 0.00916. The predicted octanol–water partition coefficient (Wildman–Crippen LogP) is 2.68. The summed E-state index contributed by atoms with van der Waals surface area (Å²) >= 11 is 0. The van der Waals surface area contributed by atoms with Gasteiger partial charge in [-0.15, -0.1) is 0 Å². The van der Waals surface area contributed by atoms with Gasteiger partial charge in [0, 0.05) is 13.6 Å². The smallest absolute Gasteiger partial charge is 0.317 e. The van der Waals surface area contributed by atoms with Crippen LogP contribution in [-0.2, 0) is 5.41 Å². The average molecular weight is 232 g/mol. The number of hydrogen-bond donors (Lipinski definition) is 1. The van der Waals surface area contributed by atoms with E-state index in [-0.39, 0.29) is 17.5 Å². The topological polar surface area (TPSA) is 32.3 Å². The van der Waals surface area contributed by atoms with Crippen molar-refractivity contribution in [3.63, 3.8) is 0 Å². The summed E-state index contributed by atoms with van der Waals surface area (Å²) in [5, 5.41) is 2.97. The van der Waals surface area contributed by atoms with E-state index in [0.717, 1.165) is 6.54 Å². The number of benzene rings is 1. The van der Waals surface area contributed by atoms with Gasteiger partial charge in [-0.25, -0.2) is 4.79 Å². The van der Waals surface area contributed by atoms with Crippen molar-refractivity contribution in [2.75, 3.05) is 13.6 Å². The van der Waals surface area contributed by atoms with Crippen LogP contribution in [0.1, 0.15) is 37.9 Å². The van der Waals surface area contributed by atoms with E-state index in [9.17, 15) is 4.79 Å². The normalized spacial score (nSPS) is 20.6. The van der Waals surface area contributed by atoms with Gasteiger partial charge in [-0.3, -0.25) is 0 Å². The molecule has 1 aromatic carbocycles. The van der Waals surface area contributed by atoms with Crippen molar-refractivity contribution < 1.29 is 4.79 Å². The quantitative estimate of drug-likeness (QED) is 0.793. The molecule has 1 fully saturated rings. The van der Waals surface area contributed by atoms with Crippen LogP contribution in [0.5, 0.6) is 0 Å². The summed E-state index contributed by atoms with van der Waals surface area (Å²) < 4.78 is 0. The highest BCUT2D eigenvalue weighted by Gasteiger charge is 2.26. The summed E-state index contributed by atoms with van der Waals surface area (Å²) in [4.78, 5) is 13.1. The van der Waals surface area contributed by atoms with Crippen molar-refractivity contribution in [1.29, 1.82) is 0 Å². The number of urea groups is 1. The van der Waals surface area contributed by atoms with Crippen LogP contribution in [0, 0.1) is 0 Å². The molecule has 0 spiro atoms. The van der Waals surface area contributed by atoms with E-state index in [2.05, 4.69) is 50.4 Å². The van der Waals surface area contributed by atoms with E-state index >= 15 is 0 Å². The molecule has 0 aromatic heterocycles. The zero-order valence-electron chi connectivity index (χ0n) is 10.9. The largest absolute Gasteiger partial charge is 0.329 e. The third-order valence-corrected chi connectivity index (χ3v) is 3.28. The molecule has 17 heavy (non-hydrogen) atoms. The predicted molar refractivity (Wildman–Crippen MR) is 69.0 cm³/mol. The summed E-state index contributed by atoms with van der Waals surface area (Å²) in [7, 11) is 1.82. The second-order valence-electron chi connectivity index (χ2n) is 5.75. The second kappa shape index (κ2) is 4.06. The van der Waals surface area contributed by atoms with E-state index in [4.69, 9.17) is 0 Å². The van der Waals surface area contributed by atoms with Gasteiger partial charge in [-0.1, -0.05) is 45.0 Å². The first kappa shape index (κ1) is 12.0. The fourth-order valence-corrected chi connectivity index (χ4v) is 2.07. The van der Waals surface area contributed by atoms with E-state index in [1.807, 2.05) is 7.05 Å². The van der Waals surface area contributed by atoms with Gasteiger partial charge in [-0.05, 0) is 16.5 Å². The van der Waals surface area contributed by atoms with Gasteiger partial charge in [0.05, 0.1) is 6.04 Å². The number of carbonyl (C=O) groups is 1.